The van der Waals surface area contributed by atoms with E-state index >= 15 is 0 Å². The Morgan fingerprint density at radius 1 is 1.00 bits per heavy atom. The van der Waals surface area contributed by atoms with Crippen LogP contribution in [0.15, 0.2) is 41.3 Å². The number of rotatable bonds is 9. The summed E-state index contributed by atoms with van der Waals surface area (Å²) in [4.78, 5) is 24.8. The number of carbonyl (C=O) groups excluding carboxylic acids is 2. The van der Waals surface area contributed by atoms with Gasteiger partial charge in [0.25, 0.3) is 5.91 Å². The molecule has 1 aliphatic rings. The molecule has 0 aliphatic carbocycles. The number of benzene rings is 2. The molecule has 3 rings (SSSR count). The number of ether oxygens (including phenoxy) is 2. The highest BCUT2D eigenvalue weighted by molar-refractivity contribution is 7.89. The summed E-state index contributed by atoms with van der Waals surface area (Å²) in [6.45, 7) is 5.87. The van der Waals surface area contributed by atoms with Crippen LogP contribution in [0.1, 0.15) is 29.8 Å². The van der Waals surface area contributed by atoms with Crippen LogP contribution in [0.2, 0.25) is 0 Å². The van der Waals surface area contributed by atoms with Gasteiger partial charge in [-0.25, -0.2) is 12.8 Å². The van der Waals surface area contributed by atoms with Gasteiger partial charge in [0.15, 0.2) is 11.5 Å². The minimum absolute atomic E-state index is 0.0483. The molecule has 0 unspecified atom stereocenters. The summed E-state index contributed by atoms with van der Waals surface area (Å²) in [5, 5.41) is 5.20. The van der Waals surface area contributed by atoms with E-state index in [1.165, 1.54) is 30.3 Å². The van der Waals surface area contributed by atoms with Crippen molar-refractivity contribution >= 4 is 21.8 Å². The molecule has 2 aromatic carbocycles. The van der Waals surface area contributed by atoms with Crippen molar-refractivity contribution in [3.05, 3.63) is 53.3 Å². The third kappa shape index (κ3) is 6.23. The zero-order valence-corrected chi connectivity index (χ0v) is 20.0. The Bertz CT molecular complexity index is 1170. The van der Waals surface area contributed by atoms with Crippen molar-refractivity contribution in [2.45, 2.75) is 31.7 Å². The molecule has 34 heavy (non-hydrogen) atoms. The molecular formula is C23H28FN3O6S. The van der Waals surface area contributed by atoms with Gasteiger partial charge >= 0.3 is 0 Å². The molecule has 1 heterocycles. The highest BCUT2D eigenvalue weighted by atomic mass is 32.2. The number of sulfonamides is 1. The van der Waals surface area contributed by atoms with E-state index in [2.05, 4.69) is 15.4 Å². The molecule has 9 nitrogen and oxygen atoms in total. The lowest BCUT2D eigenvalue weighted by atomic mass is 10.1. The molecule has 0 fully saturated rings. The molecule has 0 spiro atoms. The third-order valence-corrected chi connectivity index (χ3v) is 6.64. The van der Waals surface area contributed by atoms with Gasteiger partial charge in [-0.05, 0) is 42.7 Å². The first-order chi connectivity index (χ1) is 16.1. The number of nitrogens with one attached hydrogen (secondary N) is 3. The van der Waals surface area contributed by atoms with Gasteiger partial charge in [0.2, 0.25) is 15.9 Å². The normalized spacial score (nSPS) is 13.9. The summed E-state index contributed by atoms with van der Waals surface area (Å²) in [5.41, 5.74) is 0.601. The van der Waals surface area contributed by atoms with E-state index in [0.717, 1.165) is 6.07 Å². The Morgan fingerprint density at radius 3 is 2.35 bits per heavy atom. The van der Waals surface area contributed by atoms with E-state index in [0.29, 0.717) is 30.3 Å². The Labute approximate surface area is 198 Å². The quantitative estimate of drug-likeness (QED) is 0.458. The number of hydrogen-bond acceptors (Lipinski definition) is 6. The van der Waals surface area contributed by atoms with Gasteiger partial charge in [0.1, 0.15) is 25.1 Å². The van der Waals surface area contributed by atoms with Crippen LogP contribution in [0.3, 0.4) is 0 Å². The molecule has 11 heteroatoms. The second kappa shape index (κ2) is 10.8. The van der Waals surface area contributed by atoms with Gasteiger partial charge in [-0.2, -0.15) is 4.72 Å². The Morgan fingerprint density at radius 2 is 1.68 bits per heavy atom. The summed E-state index contributed by atoms with van der Waals surface area (Å²) in [6, 6.07) is 7.37. The fourth-order valence-electron chi connectivity index (χ4n) is 3.23. The predicted octanol–water partition coefficient (Wildman–Crippen LogP) is 1.75. The van der Waals surface area contributed by atoms with E-state index in [4.69, 9.17) is 9.47 Å². The SMILES string of the molecule is Cc1ccc(C(=O)NCCNC(=O)[C@@H](NS(=O)(=O)c2ccc3c(c2)OCCO3)C(C)C)cc1F. The number of amides is 2. The lowest BCUT2D eigenvalue weighted by Gasteiger charge is -2.23. The smallest absolute Gasteiger partial charge is 0.251 e. The van der Waals surface area contributed by atoms with Crippen LogP contribution in [-0.2, 0) is 14.8 Å². The van der Waals surface area contributed by atoms with Crippen LogP contribution >= 0.6 is 0 Å². The van der Waals surface area contributed by atoms with Crippen LogP contribution in [0.4, 0.5) is 4.39 Å². The summed E-state index contributed by atoms with van der Waals surface area (Å²) in [7, 11) is -4.02. The van der Waals surface area contributed by atoms with Gasteiger partial charge in [-0.3, -0.25) is 9.59 Å². The van der Waals surface area contributed by atoms with Crippen molar-refractivity contribution in [1.82, 2.24) is 15.4 Å². The summed E-state index contributed by atoms with van der Waals surface area (Å²) >= 11 is 0. The number of carbonyl (C=O) groups is 2. The van der Waals surface area contributed by atoms with Gasteiger partial charge in [-0.1, -0.05) is 19.9 Å². The summed E-state index contributed by atoms with van der Waals surface area (Å²) < 4.78 is 52.7. The largest absolute Gasteiger partial charge is 0.486 e. The summed E-state index contributed by atoms with van der Waals surface area (Å²) in [5.74, 6) is -1.06. The highest BCUT2D eigenvalue weighted by Crippen LogP contribution is 2.32. The van der Waals surface area contributed by atoms with Crippen LogP contribution in [-0.4, -0.2) is 52.6 Å². The first-order valence-electron chi connectivity index (χ1n) is 10.8. The molecular weight excluding hydrogens is 465 g/mol. The maximum Gasteiger partial charge on any atom is 0.251 e. The average molecular weight is 494 g/mol. The minimum Gasteiger partial charge on any atom is -0.486 e. The second-order valence-electron chi connectivity index (χ2n) is 8.16. The third-order valence-electron chi connectivity index (χ3n) is 5.20. The topological polar surface area (TPSA) is 123 Å². The number of halogens is 1. The van der Waals surface area contributed by atoms with Gasteiger partial charge < -0.3 is 20.1 Å². The first-order valence-corrected chi connectivity index (χ1v) is 12.3. The van der Waals surface area contributed by atoms with Crippen LogP contribution < -0.4 is 24.8 Å². The van der Waals surface area contributed by atoms with E-state index in [1.807, 2.05) is 0 Å². The van der Waals surface area contributed by atoms with Crippen molar-refractivity contribution in [1.29, 1.82) is 0 Å². The Balaban J connectivity index is 1.56. The monoisotopic (exact) mass is 493 g/mol. The van der Waals surface area contributed by atoms with E-state index in [-0.39, 0.29) is 29.5 Å². The molecule has 1 atom stereocenters. The fraction of sp³-hybridized carbons (Fsp3) is 0.391. The Kier molecular flexibility index (Phi) is 8.11. The molecule has 0 aromatic heterocycles. The van der Waals surface area contributed by atoms with Gasteiger partial charge in [0.05, 0.1) is 4.90 Å². The molecule has 0 bridgehead atoms. The van der Waals surface area contributed by atoms with E-state index in [1.54, 1.807) is 20.8 Å². The van der Waals surface area contributed by atoms with Crippen molar-refractivity contribution in [3.63, 3.8) is 0 Å². The lowest BCUT2D eigenvalue weighted by Crippen LogP contribution is -2.50. The lowest BCUT2D eigenvalue weighted by molar-refractivity contribution is -0.123. The van der Waals surface area contributed by atoms with Crippen molar-refractivity contribution in [2.75, 3.05) is 26.3 Å². The molecule has 1 aliphatic heterocycles. The van der Waals surface area contributed by atoms with Crippen molar-refractivity contribution in [2.24, 2.45) is 5.92 Å². The zero-order valence-electron chi connectivity index (χ0n) is 19.2. The highest BCUT2D eigenvalue weighted by Gasteiger charge is 2.29. The molecule has 3 N–H and O–H groups in total. The number of hydrogen-bond donors (Lipinski definition) is 3. The van der Waals surface area contributed by atoms with Crippen LogP contribution in [0.5, 0.6) is 11.5 Å². The predicted molar refractivity (Wildman–Crippen MR) is 123 cm³/mol. The van der Waals surface area contributed by atoms with Crippen LogP contribution in [0, 0.1) is 18.7 Å². The molecule has 2 aromatic rings. The van der Waals surface area contributed by atoms with Gasteiger partial charge in [0, 0.05) is 24.7 Å². The minimum atomic E-state index is -4.02. The number of fused-ring (bicyclic) bond motifs is 1. The Hall–Kier alpha value is -3.18. The number of aryl methyl sites for hydroxylation is 1. The van der Waals surface area contributed by atoms with Crippen LogP contribution in [0.25, 0.3) is 0 Å². The molecule has 2 amide bonds. The van der Waals surface area contributed by atoms with Gasteiger partial charge in [-0.15, -0.1) is 0 Å². The van der Waals surface area contributed by atoms with Crippen molar-refractivity contribution < 1.29 is 31.9 Å². The fourth-order valence-corrected chi connectivity index (χ4v) is 4.59. The molecule has 0 radical (unpaired) electrons. The van der Waals surface area contributed by atoms with E-state index < -0.39 is 33.7 Å². The molecule has 0 saturated carbocycles. The second-order valence-corrected chi connectivity index (χ2v) is 9.87. The first kappa shape index (κ1) is 25.4. The maximum atomic E-state index is 13.6. The molecule has 184 valence electrons. The average Bonchev–Trinajstić information content (AvgIpc) is 2.81. The van der Waals surface area contributed by atoms with E-state index in [9.17, 15) is 22.4 Å². The summed E-state index contributed by atoms with van der Waals surface area (Å²) in [6.07, 6.45) is 0. The maximum absolute atomic E-state index is 13.6. The molecule has 0 saturated heterocycles. The zero-order chi connectivity index (χ0) is 24.9. The standard InChI is InChI=1S/C23H28FN3O6S/c1-14(2)21(27-34(30,31)17-6-7-19-20(13-17)33-11-10-32-19)23(29)26-9-8-25-22(28)16-5-4-15(3)18(24)12-16/h4-7,12-14,21,27H,8-11H2,1-3H3,(H,25,28)(H,26,29)/t21-/m0/s1. The van der Waals surface area contributed by atoms with Crippen molar-refractivity contribution in [3.8, 4) is 11.5 Å².